The van der Waals surface area contributed by atoms with E-state index in [-0.39, 0.29) is 11.4 Å². The first-order chi connectivity index (χ1) is 8.95. The summed E-state index contributed by atoms with van der Waals surface area (Å²) < 4.78 is 0. The van der Waals surface area contributed by atoms with Crippen molar-refractivity contribution in [3.05, 3.63) is 28.3 Å². The molecule has 0 aliphatic heterocycles. The molecule has 2 rings (SSSR count). The van der Waals surface area contributed by atoms with Gasteiger partial charge < -0.3 is 11.1 Å². The van der Waals surface area contributed by atoms with E-state index in [1.807, 2.05) is 0 Å². The number of nitro groups is 1. The van der Waals surface area contributed by atoms with E-state index < -0.39 is 4.92 Å². The van der Waals surface area contributed by atoms with Gasteiger partial charge in [-0.1, -0.05) is 13.8 Å². The van der Waals surface area contributed by atoms with Crippen LogP contribution in [-0.4, -0.2) is 11.0 Å². The predicted octanol–water partition coefficient (Wildman–Crippen LogP) is 3.41. The van der Waals surface area contributed by atoms with Crippen molar-refractivity contribution in [3.8, 4) is 0 Å². The van der Waals surface area contributed by atoms with Crippen molar-refractivity contribution in [2.75, 3.05) is 11.1 Å². The van der Waals surface area contributed by atoms with Gasteiger partial charge in [0.1, 0.15) is 5.69 Å². The van der Waals surface area contributed by atoms with Gasteiger partial charge in [0, 0.05) is 17.8 Å². The molecule has 0 amide bonds. The molecule has 1 aromatic rings. The van der Waals surface area contributed by atoms with Crippen LogP contribution in [0.1, 0.15) is 33.1 Å². The minimum atomic E-state index is -0.454. The van der Waals surface area contributed by atoms with Crippen LogP contribution in [0.3, 0.4) is 0 Å². The fraction of sp³-hybridized carbons (Fsp3) is 0.571. The quantitative estimate of drug-likeness (QED) is 0.497. The van der Waals surface area contributed by atoms with Crippen LogP contribution in [0.4, 0.5) is 17.1 Å². The lowest BCUT2D eigenvalue weighted by Gasteiger charge is -2.32. The van der Waals surface area contributed by atoms with E-state index in [9.17, 15) is 10.1 Å². The van der Waals surface area contributed by atoms with Crippen molar-refractivity contribution < 1.29 is 4.92 Å². The highest BCUT2D eigenvalue weighted by molar-refractivity contribution is 5.66. The predicted molar refractivity (Wildman–Crippen MR) is 77.1 cm³/mol. The summed E-state index contributed by atoms with van der Waals surface area (Å²) in [4.78, 5) is 10.3. The third-order valence-corrected chi connectivity index (χ3v) is 3.77. The van der Waals surface area contributed by atoms with Gasteiger partial charge in [0.25, 0.3) is 5.69 Å². The number of hydrogen-bond donors (Lipinski definition) is 2. The highest BCUT2D eigenvalue weighted by atomic mass is 16.6. The SMILES string of the molecule is CC1CC(C)CC(Nc2ccc([N+](=O)[O-])c(N)c2)C1. The summed E-state index contributed by atoms with van der Waals surface area (Å²) in [7, 11) is 0. The Morgan fingerprint density at radius 2 is 1.89 bits per heavy atom. The number of hydrogen-bond acceptors (Lipinski definition) is 4. The number of nitrogen functional groups attached to an aromatic ring is 1. The molecule has 19 heavy (non-hydrogen) atoms. The van der Waals surface area contributed by atoms with Crippen molar-refractivity contribution in [1.82, 2.24) is 0 Å². The van der Waals surface area contributed by atoms with Crippen LogP contribution in [0.5, 0.6) is 0 Å². The van der Waals surface area contributed by atoms with E-state index in [4.69, 9.17) is 5.73 Å². The first-order valence-electron chi connectivity index (χ1n) is 6.76. The maximum absolute atomic E-state index is 10.7. The Morgan fingerprint density at radius 1 is 1.26 bits per heavy atom. The Balaban J connectivity index is 2.07. The summed E-state index contributed by atoms with van der Waals surface area (Å²) in [6.07, 6.45) is 3.56. The summed E-state index contributed by atoms with van der Waals surface area (Å²) in [6, 6.07) is 5.29. The average molecular weight is 263 g/mol. The normalized spacial score (nSPS) is 26.9. The molecule has 5 heteroatoms. The summed E-state index contributed by atoms with van der Waals surface area (Å²) in [5.41, 5.74) is 6.75. The van der Waals surface area contributed by atoms with E-state index >= 15 is 0 Å². The van der Waals surface area contributed by atoms with Gasteiger partial charge in [0.15, 0.2) is 0 Å². The molecule has 1 aromatic carbocycles. The van der Waals surface area contributed by atoms with E-state index in [2.05, 4.69) is 19.2 Å². The lowest BCUT2D eigenvalue weighted by atomic mass is 9.80. The number of anilines is 2. The highest BCUT2D eigenvalue weighted by Crippen LogP contribution is 2.32. The maximum atomic E-state index is 10.7. The number of nitro benzene ring substituents is 1. The molecule has 1 fully saturated rings. The van der Waals surface area contributed by atoms with Crippen LogP contribution in [0, 0.1) is 22.0 Å². The van der Waals surface area contributed by atoms with Gasteiger partial charge in [-0.25, -0.2) is 0 Å². The molecule has 2 atom stereocenters. The van der Waals surface area contributed by atoms with E-state index in [1.54, 1.807) is 12.1 Å². The monoisotopic (exact) mass is 263 g/mol. The molecule has 2 unspecified atom stereocenters. The Kier molecular flexibility index (Phi) is 3.93. The van der Waals surface area contributed by atoms with E-state index in [1.165, 1.54) is 12.5 Å². The largest absolute Gasteiger partial charge is 0.393 e. The second-order valence-corrected chi connectivity index (χ2v) is 5.79. The maximum Gasteiger partial charge on any atom is 0.292 e. The molecule has 1 saturated carbocycles. The van der Waals surface area contributed by atoms with Crippen molar-refractivity contribution in [2.24, 2.45) is 11.8 Å². The smallest absolute Gasteiger partial charge is 0.292 e. The van der Waals surface area contributed by atoms with Crippen molar-refractivity contribution in [3.63, 3.8) is 0 Å². The van der Waals surface area contributed by atoms with Crippen LogP contribution < -0.4 is 11.1 Å². The first-order valence-corrected chi connectivity index (χ1v) is 6.76. The average Bonchev–Trinajstić information content (AvgIpc) is 2.26. The van der Waals surface area contributed by atoms with Gasteiger partial charge in [-0.15, -0.1) is 0 Å². The lowest BCUT2D eigenvalue weighted by molar-refractivity contribution is -0.383. The molecule has 1 aliphatic rings. The van der Waals surface area contributed by atoms with Gasteiger partial charge in [0.2, 0.25) is 0 Å². The van der Waals surface area contributed by atoms with Crippen molar-refractivity contribution in [2.45, 2.75) is 39.2 Å². The molecule has 0 heterocycles. The molecular formula is C14H21N3O2. The van der Waals surface area contributed by atoms with E-state index in [0.717, 1.165) is 30.4 Å². The fourth-order valence-electron chi connectivity index (χ4n) is 3.11. The summed E-state index contributed by atoms with van der Waals surface area (Å²) in [5.74, 6) is 1.44. The van der Waals surface area contributed by atoms with Gasteiger partial charge in [-0.3, -0.25) is 10.1 Å². The molecule has 104 valence electrons. The van der Waals surface area contributed by atoms with Crippen LogP contribution in [0.15, 0.2) is 18.2 Å². The zero-order chi connectivity index (χ0) is 14.0. The minimum Gasteiger partial charge on any atom is -0.393 e. The molecule has 0 aromatic heterocycles. The molecule has 5 nitrogen and oxygen atoms in total. The second-order valence-electron chi connectivity index (χ2n) is 5.79. The minimum absolute atomic E-state index is 0.0315. The highest BCUT2D eigenvalue weighted by Gasteiger charge is 2.24. The zero-order valence-corrected chi connectivity index (χ0v) is 11.4. The Hall–Kier alpha value is -1.78. The number of benzene rings is 1. The molecule has 0 bridgehead atoms. The second kappa shape index (κ2) is 5.47. The summed E-state index contributed by atoms with van der Waals surface area (Å²) >= 11 is 0. The van der Waals surface area contributed by atoms with Crippen LogP contribution in [0.2, 0.25) is 0 Å². The lowest BCUT2D eigenvalue weighted by Crippen LogP contribution is -2.30. The number of nitrogens with two attached hydrogens (primary N) is 1. The van der Waals surface area contributed by atoms with Crippen LogP contribution in [0.25, 0.3) is 0 Å². The van der Waals surface area contributed by atoms with Crippen LogP contribution >= 0.6 is 0 Å². The number of nitrogens with one attached hydrogen (secondary N) is 1. The summed E-state index contributed by atoms with van der Waals surface area (Å²) in [6.45, 7) is 4.54. The topological polar surface area (TPSA) is 81.2 Å². The van der Waals surface area contributed by atoms with Gasteiger partial charge in [-0.05, 0) is 43.2 Å². The van der Waals surface area contributed by atoms with Gasteiger partial charge >= 0.3 is 0 Å². The Bertz CT molecular complexity index is 466. The molecule has 0 spiro atoms. The molecular weight excluding hydrogens is 242 g/mol. The molecule has 3 N–H and O–H groups in total. The van der Waals surface area contributed by atoms with Crippen molar-refractivity contribution in [1.29, 1.82) is 0 Å². The number of nitrogens with zero attached hydrogens (tertiary/aromatic N) is 1. The molecule has 0 radical (unpaired) electrons. The van der Waals surface area contributed by atoms with Crippen molar-refractivity contribution >= 4 is 17.1 Å². The molecule has 0 saturated heterocycles. The Labute approximate surface area is 113 Å². The Morgan fingerprint density at radius 3 is 2.42 bits per heavy atom. The first kappa shape index (κ1) is 13.6. The van der Waals surface area contributed by atoms with Gasteiger partial charge in [-0.2, -0.15) is 0 Å². The van der Waals surface area contributed by atoms with Gasteiger partial charge in [0.05, 0.1) is 4.92 Å². The van der Waals surface area contributed by atoms with E-state index in [0.29, 0.717) is 6.04 Å². The third-order valence-electron chi connectivity index (χ3n) is 3.77. The fourth-order valence-corrected chi connectivity index (χ4v) is 3.11. The van der Waals surface area contributed by atoms with Crippen LogP contribution in [-0.2, 0) is 0 Å². The third kappa shape index (κ3) is 3.36. The summed E-state index contributed by atoms with van der Waals surface area (Å²) in [5, 5.41) is 14.2. The molecule has 1 aliphatic carbocycles. The zero-order valence-electron chi connectivity index (χ0n) is 11.4. The number of rotatable bonds is 3. The standard InChI is InChI=1S/C14H21N3O2/c1-9-5-10(2)7-12(6-9)16-11-3-4-14(17(18)19)13(15)8-11/h3-4,8-10,12,16H,5-7,15H2,1-2H3.